The van der Waals surface area contributed by atoms with E-state index >= 15 is 8.78 Å². The van der Waals surface area contributed by atoms with E-state index in [0.29, 0.717) is 66.2 Å². The highest BCUT2D eigenvalue weighted by atomic mass is 32.1. The SMILES string of the molecule is C#Cc1c(F)ccc2cc(O)cc(-c3ncc4c(N5CC6CCC(C5)N6)nc(OCCN5CCC(CC6CCN(c7cc([C@H](C(=O)N8C[C@H](O)C[C@H]8C(=O)N[C@@H](C)c8ccc(-c9scnc9C)cc8)C(C)C)on7)CC6)CC5)nc4c3F)c12. The zero-order valence-corrected chi connectivity index (χ0v) is 48.2. The minimum atomic E-state index is -0.824. The molecule has 2 amide bonds. The molecular weight excluding hydrogens is 1080 g/mol. The molecule has 0 saturated carbocycles. The molecule has 0 spiro atoms. The van der Waals surface area contributed by atoms with Crippen LogP contribution in [0.25, 0.3) is 43.4 Å². The van der Waals surface area contributed by atoms with E-state index < -0.39 is 29.7 Å². The van der Waals surface area contributed by atoms with Crippen LogP contribution >= 0.6 is 11.3 Å². The highest BCUT2D eigenvalue weighted by Gasteiger charge is 2.44. The Morgan fingerprint density at radius 1 is 0.928 bits per heavy atom. The number of amides is 2. The number of thiazole rings is 1. The van der Waals surface area contributed by atoms with Crippen LogP contribution in [0.15, 0.2) is 70.8 Å². The summed E-state index contributed by atoms with van der Waals surface area (Å²) in [5.41, 5.74) is 4.82. The van der Waals surface area contributed by atoms with E-state index in [9.17, 15) is 19.8 Å². The van der Waals surface area contributed by atoms with Crippen LogP contribution in [-0.2, 0) is 9.59 Å². The number of hydrogen-bond donors (Lipinski definition) is 4. The molecule has 5 fully saturated rings. The van der Waals surface area contributed by atoms with Gasteiger partial charge in [0.2, 0.25) is 11.8 Å². The van der Waals surface area contributed by atoms with Crippen molar-refractivity contribution in [1.82, 2.24) is 45.5 Å². The van der Waals surface area contributed by atoms with Gasteiger partial charge in [-0.05, 0) is 124 Å². The van der Waals surface area contributed by atoms with Gasteiger partial charge in [-0.2, -0.15) is 9.97 Å². The van der Waals surface area contributed by atoms with Crippen molar-refractivity contribution in [2.45, 2.75) is 115 Å². The Hall–Kier alpha value is -7.31. The number of aryl methyl sites for hydroxylation is 1. The molecule has 5 aliphatic rings. The predicted molar refractivity (Wildman–Crippen MR) is 315 cm³/mol. The molecule has 7 aromatic rings. The number of aliphatic hydroxyl groups excluding tert-OH is 1. The lowest BCUT2D eigenvalue weighted by Crippen LogP contribution is -2.51. The molecule has 4 N–H and O–H groups in total. The zero-order valence-electron chi connectivity index (χ0n) is 47.4. The first kappa shape index (κ1) is 56.2. The lowest BCUT2D eigenvalue weighted by Gasteiger charge is -2.36. The van der Waals surface area contributed by atoms with Crippen molar-refractivity contribution in [2.75, 3.05) is 68.8 Å². The zero-order chi connectivity index (χ0) is 57.6. The second-order valence-corrected chi connectivity index (χ2v) is 24.7. The highest BCUT2D eigenvalue weighted by Crippen LogP contribution is 2.41. The minimum Gasteiger partial charge on any atom is -0.508 e. The molecule has 20 heteroatoms. The average molecular weight is 1150 g/mol. The van der Waals surface area contributed by atoms with Gasteiger partial charge in [0.05, 0.1) is 39.2 Å². The topological polar surface area (TPSA) is 198 Å². The van der Waals surface area contributed by atoms with Crippen molar-refractivity contribution in [3.05, 3.63) is 101 Å². The second kappa shape index (κ2) is 23.7. The van der Waals surface area contributed by atoms with E-state index in [-0.39, 0.29) is 88.3 Å². The van der Waals surface area contributed by atoms with Crippen molar-refractivity contribution in [1.29, 1.82) is 0 Å². The number of halogens is 2. The number of fused-ring (bicyclic) bond motifs is 4. The molecule has 17 nitrogen and oxygen atoms in total. The van der Waals surface area contributed by atoms with Crippen molar-refractivity contribution in [3.63, 3.8) is 0 Å². The summed E-state index contributed by atoms with van der Waals surface area (Å²) in [5.74, 6) is 2.38. The van der Waals surface area contributed by atoms with Gasteiger partial charge in [0.15, 0.2) is 17.4 Å². The van der Waals surface area contributed by atoms with Crippen LogP contribution in [0.3, 0.4) is 0 Å². The molecule has 5 saturated heterocycles. The van der Waals surface area contributed by atoms with Gasteiger partial charge in [-0.3, -0.25) is 19.5 Å². The number of terminal acetylenes is 1. The van der Waals surface area contributed by atoms with Crippen LogP contribution in [0, 0.1) is 48.7 Å². The van der Waals surface area contributed by atoms with E-state index in [1.54, 1.807) is 17.5 Å². The van der Waals surface area contributed by atoms with Gasteiger partial charge in [0, 0.05) is 81.0 Å². The van der Waals surface area contributed by atoms with E-state index in [1.165, 1.54) is 29.2 Å². The van der Waals surface area contributed by atoms with Gasteiger partial charge in [0.1, 0.15) is 47.2 Å². The van der Waals surface area contributed by atoms with Crippen LogP contribution in [0.5, 0.6) is 11.8 Å². The number of phenolic OH excluding ortho intramolecular Hbond substituents is 1. The number of carbonyl (C=O) groups excluding carboxylic acids is 2. The smallest absolute Gasteiger partial charge is 0.319 e. The molecule has 3 aromatic carbocycles. The molecule has 5 aliphatic heterocycles. The van der Waals surface area contributed by atoms with E-state index in [2.05, 4.69) is 51.4 Å². The third-order valence-corrected chi connectivity index (χ3v) is 18.9. The third kappa shape index (κ3) is 11.6. The Morgan fingerprint density at radius 2 is 1.66 bits per heavy atom. The fourth-order valence-corrected chi connectivity index (χ4v) is 14.3. The third-order valence-electron chi connectivity index (χ3n) is 18.0. The minimum absolute atomic E-state index is 0.0181. The number of rotatable bonds is 16. The number of hydrogen-bond acceptors (Lipinski definition) is 16. The number of pyridine rings is 1. The molecule has 0 aliphatic carbocycles. The molecule has 12 rings (SSSR count). The Bertz CT molecular complexity index is 3560. The maximum atomic E-state index is 17.1. The number of ether oxygens (including phenoxy) is 1. The van der Waals surface area contributed by atoms with E-state index in [0.717, 1.165) is 92.8 Å². The van der Waals surface area contributed by atoms with Crippen molar-refractivity contribution in [2.24, 2.45) is 17.8 Å². The predicted octanol–water partition coefficient (Wildman–Crippen LogP) is 9.15. The standard InChI is InChI=1S/C63H71F2N11O6S/c1-6-47-50(64)14-11-42-26-45(77)27-48(55(42)47)57-56(65)58-49(30-66-57)60(75-31-43-12-13-44(32-75)69-43)71-63(70-58)81-24-23-73-19-15-38(16-20-73)25-39-17-21-74(22-18-39)53-29-52(82-72-53)54(35(2)3)62(80)76-33-46(78)28-51(76)61(79)68-36(4)40-7-9-41(10-8-40)59-37(5)67-34-83-59/h1,7-11,14,26-27,29-30,34-36,38-39,43-44,46,51,54,69,77-78H,12-13,15-25,28,31-33H2,2-5H3,(H,68,79)/t36-,43?,44?,46+,51-,54+/m0/s1. The van der Waals surface area contributed by atoms with Crippen LogP contribution < -0.4 is 25.2 Å². The average Bonchev–Trinajstić information content (AvgIpc) is 4.31. The van der Waals surface area contributed by atoms with Gasteiger partial charge >= 0.3 is 6.01 Å². The number of anilines is 2. The molecule has 434 valence electrons. The number of aliphatic hydroxyl groups is 1. The molecule has 0 radical (unpaired) electrons. The first-order valence-electron chi connectivity index (χ1n) is 29.3. The van der Waals surface area contributed by atoms with E-state index in [4.69, 9.17) is 20.7 Å². The van der Waals surface area contributed by atoms with Gasteiger partial charge < -0.3 is 44.8 Å². The van der Waals surface area contributed by atoms with Crippen molar-refractivity contribution in [3.8, 4) is 45.8 Å². The first-order valence-corrected chi connectivity index (χ1v) is 30.2. The summed E-state index contributed by atoms with van der Waals surface area (Å²) < 4.78 is 44.4. The number of likely N-dealkylation sites (tertiary alicyclic amines) is 2. The monoisotopic (exact) mass is 1150 g/mol. The summed E-state index contributed by atoms with van der Waals surface area (Å²) in [6.07, 6.45) is 14.1. The normalized spacial score (nSPS) is 21.5. The number of aromatic nitrogens is 5. The number of piperidine rings is 2. The second-order valence-electron chi connectivity index (χ2n) is 23.8. The summed E-state index contributed by atoms with van der Waals surface area (Å²) >= 11 is 1.59. The summed E-state index contributed by atoms with van der Waals surface area (Å²) in [6, 6.07) is 15.0. The maximum Gasteiger partial charge on any atom is 0.319 e. The van der Waals surface area contributed by atoms with Crippen LogP contribution in [-0.4, -0.2) is 140 Å². The maximum absolute atomic E-state index is 17.1. The van der Waals surface area contributed by atoms with Gasteiger partial charge in [-0.15, -0.1) is 17.8 Å². The number of aromatic hydroxyl groups is 1. The number of piperazine rings is 1. The Balaban J connectivity index is 0.638. The lowest BCUT2D eigenvalue weighted by atomic mass is 9.83. The number of nitrogens with zero attached hydrogens (tertiary/aromatic N) is 9. The fraction of sp³-hybridized carbons (Fsp3) is 0.476. The molecule has 2 bridgehead atoms. The Labute approximate surface area is 485 Å². The Morgan fingerprint density at radius 3 is 2.36 bits per heavy atom. The van der Waals surface area contributed by atoms with E-state index in [1.807, 2.05) is 63.5 Å². The molecule has 2 unspecified atom stereocenters. The molecule has 9 heterocycles. The Kier molecular flexibility index (Phi) is 16.1. The summed E-state index contributed by atoms with van der Waals surface area (Å²) in [7, 11) is 0. The largest absolute Gasteiger partial charge is 0.508 e. The van der Waals surface area contributed by atoms with Crippen LogP contribution in [0.2, 0.25) is 0 Å². The number of β-amino-alcohol motifs (C(OH)–C–C–N with tert-alkyl or cyclic N) is 1. The van der Waals surface area contributed by atoms with Gasteiger partial charge in [-0.25, -0.2) is 13.8 Å². The highest BCUT2D eigenvalue weighted by molar-refractivity contribution is 7.13. The van der Waals surface area contributed by atoms with Crippen molar-refractivity contribution >= 4 is 56.5 Å². The quantitative estimate of drug-likeness (QED) is 0.0668. The number of carbonyl (C=O) groups is 2. The van der Waals surface area contributed by atoms with Gasteiger partial charge in [0.25, 0.3) is 0 Å². The molecule has 6 atom stereocenters. The molecular formula is C63H71F2N11O6S. The summed E-state index contributed by atoms with van der Waals surface area (Å²) in [6.45, 7) is 13.8. The summed E-state index contributed by atoms with van der Waals surface area (Å²) in [4.78, 5) is 56.2. The van der Waals surface area contributed by atoms with Crippen LogP contribution in [0.4, 0.5) is 20.4 Å². The lowest BCUT2D eigenvalue weighted by molar-refractivity contribution is -0.141. The summed E-state index contributed by atoms with van der Waals surface area (Å²) in [5, 5.41) is 33.9. The number of benzene rings is 3. The van der Waals surface area contributed by atoms with Crippen LogP contribution in [0.1, 0.15) is 107 Å². The van der Waals surface area contributed by atoms with Crippen molar-refractivity contribution < 1.29 is 37.8 Å². The van der Waals surface area contributed by atoms with Gasteiger partial charge in [-0.1, -0.05) is 55.3 Å². The molecule has 4 aromatic heterocycles. The number of nitrogens with one attached hydrogen (secondary N) is 2. The molecule has 83 heavy (non-hydrogen) atoms. The first-order chi connectivity index (χ1) is 40.2. The number of phenols is 1. The fourth-order valence-electron chi connectivity index (χ4n) is 13.5.